The molecule has 0 saturated heterocycles. The number of carbonyl (C=O) groups is 3. The maximum atomic E-state index is 11.5. The van der Waals surface area contributed by atoms with Gasteiger partial charge in [-0.15, -0.1) is 5.10 Å². The number of thioether (sulfide) groups is 1. The Morgan fingerprint density at radius 1 is 1.50 bits per heavy atom. The summed E-state index contributed by atoms with van der Waals surface area (Å²) in [7, 11) is 0. The molecule has 0 aromatic carbocycles. The van der Waals surface area contributed by atoms with Crippen LogP contribution in [-0.2, 0) is 14.4 Å². The number of nitrogens with zero attached hydrogens (tertiary/aromatic N) is 2. The van der Waals surface area contributed by atoms with E-state index in [0.29, 0.717) is 18.1 Å². The topological polar surface area (TPSA) is 134 Å². The van der Waals surface area contributed by atoms with Crippen LogP contribution in [-0.4, -0.2) is 51.1 Å². The SMILES string of the molecule is Cc1nnc(NC(=O)CSCCC(NC=O)C(=O)O)o1. The molecule has 3 N–H and O–H groups in total. The predicted molar refractivity (Wildman–Crippen MR) is 70.2 cm³/mol. The van der Waals surface area contributed by atoms with Gasteiger partial charge in [-0.2, -0.15) is 11.8 Å². The molecule has 0 bridgehead atoms. The summed E-state index contributed by atoms with van der Waals surface area (Å²) in [6.07, 6.45) is 0.569. The van der Waals surface area contributed by atoms with E-state index in [9.17, 15) is 14.4 Å². The number of carbonyl (C=O) groups excluding carboxylic acids is 2. The number of amides is 2. The fourth-order valence-electron chi connectivity index (χ4n) is 1.23. The monoisotopic (exact) mass is 302 g/mol. The molecular formula is C10H14N4O5S. The zero-order valence-corrected chi connectivity index (χ0v) is 11.5. The highest BCUT2D eigenvalue weighted by molar-refractivity contribution is 7.99. The molecular weight excluding hydrogens is 288 g/mol. The summed E-state index contributed by atoms with van der Waals surface area (Å²) in [5.74, 6) is -0.558. The lowest BCUT2D eigenvalue weighted by Gasteiger charge is -2.09. The van der Waals surface area contributed by atoms with E-state index in [2.05, 4.69) is 20.8 Å². The first-order valence-corrected chi connectivity index (χ1v) is 6.78. The number of carboxylic acid groups (broad SMARTS) is 1. The van der Waals surface area contributed by atoms with Gasteiger partial charge in [0.05, 0.1) is 5.75 Å². The van der Waals surface area contributed by atoms with E-state index in [1.807, 2.05) is 0 Å². The van der Waals surface area contributed by atoms with Crippen molar-refractivity contribution in [3.05, 3.63) is 5.89 Å². The molecule has 2 amide bonds. The first-order chi connectivity index (χ1) is 9.52. The minimum absolute atomic E-state index is 0.0270. The number of anilines is 1. The number of aromatic nitrogens is 2. The summed E-state index contributed by atoms with van der Waals surface area (Å²) in [5.41, 5.74) is 0. The Balaban J connectivity index is 2.21. The van der Waals surface area contributed by atoms with Crippen LogP contribution in [0.4, 0.5) is 6.01 Å². The van der Waals surface area contributed by atoms with Gasteiger partial charge < -0.3 is 14.8 Å². The number of aryl methyl sites for hydroxylation is 1. The van der Waals surface area contributed by atoms with E-state index in [1.54, 1.807) is 6.92 Å². The number of rotatable bonds is 9. The van der Waals surface area contributed by atoms with Crippen LogP contribution in [0.5, 0.6) is 0 Å². The highest BCUT2D eigenvalue weighted by Gasteiger charge is 2.16. The minimum atomic E-state index is -1.11. The van der Waals surface area contributed by atoms with Crippen LogP contribution < -0.4 is 10.6 Å². The van der Waals surface area contributed by atoms with Crippen LogP contribution in [0.1, 0.15) is 12.3 Å². The normalized spacial score (nSPS) is 11.7. The van der Waals surface area contributed by atoms with Gasteiger partial charge in [0.25, 0.3) is 0 Å². The Kier molecular flexibility index (Phi) is 6.50. The van der Waals surface area contributed by atoms with E-state index < -0.39 is 12.0 Å². The standard InChI is InChI=1S/C10H14N4O5S/c1-6-13-14-10(19-6)12-8(16)4-20-3-2-7(9(17)18)11-5-15/h5,7H,2-4H2,1H3,(H,11,15)(H,17,18)(H,12,14,16). The van der Waals surface area contributed by atoms with Crippen LogP contribution in [0.2, 0.25) is 0 Å². The van der Waals surface area contributed by atoms with Crippen LogP contribution >= 0.6 is 11.8 Å². The molecule has 1 aromatic rings. The lowest BCUT2D eigenvalue weighted by molar-refractivity contribution is -0.140. The number of aliphatic carboxylic acids is 1. The first-order valence-electron chi connectivity index (χ1n) is 5.63. The highest BCUT2D eigenvalue weighted by atomic mass is 32.2. The highest BCUT2D eigenvalue weighted by Crippen LogP contribution is 2.08. The van der Waals surface area contributed by atoms with Crippen LogP contribution in [0.25, 0.3) is 0 Å². The molecule has 0 aliphatic heterocycles. The van der Waals surface area contributed by atoms with E-state index in [-0.39, 0.29) is 24.1 Å². The fraction of sp³-hybridized carbons (Fsp3) is 0.500. The van der Waals surface area contributed by atoms with Crippen molar-refractivity contribution in [1.82, 2.24) is 15.5 Å². The van der Waals surface area contributed by atoms with Crippen molar-refractivity contribution in [1.29, 1.82) is 0 Å². The van der Waals surface area contributed by atoms with Gasteiger partial charge in [-0.3, -0.25) is 14.9 Å². The summed E-state index contributed by atoms with van der Waals surface area (Å²) in [6.45, 7) is 1.60. The maximum absolute atomic E-state index is 11.5. The quantitative estimate of drug-likeness (QED) is 0.416. The second-order valence-electron chi connectivity index (χ2n) is 3.69. The molecule has 1 unspecified atom stereocenters. The number of hydrogen-bond donors (Lipinski definition) is 3. The average Bonchev–Trinajstić information content (AvgIpc) is 2.78. The van der Waals surface area contributed by atoms with Gasteiger partial charge >= 0.3 is 12.0 Å². The fourth-order valence-corrected chi connectivity index (χ4v) is 2.03. The Bertz CT molecular complexity index is 478. The van der Waals surface area contributed by atoms with Crippen LogP contribution in [0.3, 0.4) is 0 Å². The molecule has 0 radical (unpaired) electrons. The number of carboxylic acids is 1. The van der Waals surface area contributed by atoms with Gasteiger partial charge in [-0.05, 0) is 12.2 Å². The Morgan fingerprint density at radius 3 is 2.80 bits per heavy atom. The number of nitrogens with one attached hydrogen (secondary N) is 2. The Labute approximate surface area is 118 Å². The molecule has 9 nitrogen and oxygen atoms in total. The molecule has 0 saturated carbocycles. The van der Waals surface area contributed by atoms with Gasteiger partial charge in [-0.1, -0.05) is 5.10 Å². The van der Waals surface area contributed by atoms with Crippen LogP contribution in [0.15, 0.2) is 4.42 Å². The largest absolute Gasteiger partial charge is 0.480 e. The zero-order valence-electron chi connectivity index (χ0n) is 10.7. The van der Waals surface area contributed by atoms with Crippen molar-refractivity contribution in [2.45, 2.75) is 19.4 Å². The molecule has 20 heavy (non-hydrogen) atoms. The second-order valence-corrected chi connectivity index (χ2v) is 4.80. The second kappa shape index (κ2) is 8.15. The lowest BCUT2D eigenvalue weighted by atomic mass is 10.2. The van der Waals surface area contributed by atoms with Gasteiger partial charge in [0.15, 0.2) is 0 Å². The molecule has 0 aliphatic rings. The van der Waals surface area contributed by atoms with Crippen molar-refractivity contribution in [2.24, 2.45) is 0 Å². The Morgan fingerprint density at radius 2 is 2.25 bits per heavy atom. The molecule has 1 rings (SSSR count). The Hall–Kier alpha value is -2.10. The smallest absolute Gasteiger partial charge is 0.326 e. The molecule has 1 aromatic heterocycles. The molecule has 0 spiro atoms. The summed E-state index contributed by atoms with van der Waals surface area (Å²) >= 11 is 1.24. The van der Waals surface area contributed by atoms with E-state index in [1.165, 1.54) is 11.8 Å². The van der Waals surface area contributed by atoms with E-state index >= 15 is 0 Å². The third-order valence-corrected chi connectivity index (χ3v) is 3.11. The van der Waals surface area contributed by atoms with Crippen molar-refractivity contribution in [2.75, 3.05) is 16.8 Å². The summed E-state index contributed by atoms with van der Waals surface area (Å²) in [4.78, 5) is 32.4. The summed E-state index contributed by atoms with van der Waals surface area (Å²) < 4.78 is 4.97. The first kappa shape index (κ1) is 16.0. The summed E-state index contributed by atoms with van der Waals surface area (Å²) in [6, 6.07) is -0.916. The average molecular weight is 302 g/mol. The van der Waals surface area contributed by atoms with Gasteiger partial charge in [0.1, 0.15) is 6.04 Å². The zero-order chi connectivity index (χ0) is 15.0. The van der Waals surface area contributed by atoms with E-state index in [4.69, 9.17) is 9.52 Å². The number of hydrogen-bond acceptors (Lipinski definition) is 7. The van der Waals surface area contributed by atoms with E-state index in [0.717, 1.165) is 0 Å². The van der Waals surface area contributed by atoms with Gasteiger partial charge in [0.2, 0.25) is 18.2 Å². The lowest BCUT2D eigenvalue weighted by Crippen LogP contribution is -2.36. The molecule has 1 heterocycles. The third-order valence-electron chi connectivity index (χ3n) is 2.12. The maximum Gasteiger partial charge on any atom is 0.326 e. The molecule has 10 heteroatoms. The minimum Gasteiger partial charge on any atom is -0.480 e. The van der Waals surface area contributed by atoms with Gasteiger partial charge in [-0.25, -0.2) is 4.79 Å². The summed E-state index contributed by atoms with van der Waals surface area (Å²) in [5, 5.41) is 20.5. The van der Waals surface area contributed by atoms with Crippen molar-refractivity contribution in [3.63, 3.8) is 0 Å². The van der Waals surface area contributed by atoms with Crippen LogP contribution in [0, 0.1) is 6.92 Å². The molecule has 0 aliphatic carbocycles. The molecule has 0 fully saturated rings. The predicted octanol–water partition coefficient (Wildman–Crippen LogP) is -0.361. The third kappa shape index (κ3) is 5.69. The van der Waals surface area contributed by atoms with Crippen molar-refractivity contribution >= 4 is 36.1 Å². The van der Waals surface area contributed by atoms with Crippen molar-refractivity contribution < 1.29 is 23.9 Å². The van der Waals surface area contributed by atoms with Crippen molar-refractivity contribution in [3.8, 4) is 0 Å². The molecule has 1 atom stereocenters. The molecule has 110 valence electrons. The van der Waals surface area contributed by atoms with Gasteiger partial charge in [0, 0.05) is 6.92 Å².